The molecule has 5 nitrogen and oxygen atoms in total. The second-order valence-electron chi connectivity index (χ2n) is 6.14. The number of nitrogens with zero attached hydrogens (tertiary/aromatic N) is 1. The maximum absolute atomic E-state index is 12.1. The minimum Gasteiger partial charge on any atom is -0.350 e. The van der Waals surface area contributed by atoms with E-state index in [1.54, 1.807) is 0 Å². The van der Waals surface area contributed by atoms with E-state index in [0.717, 1.165) is 12.1 Å². The highest BCUT2D eigenvalue weighted by Gasteiger charge is 2.31. The predicted molar refractivity (Wildman–Crippen MR) is 91.9 cm³/mol. The first kappa shape index (κ1) is 17.9. The summed E-state index contributed by atoms with van der Waals surface area (Å²) < 4.78 is 23.2. The number of hydrogen-bond acceptors (Lipinski definition) is 4. The predicted octanol–water partition coefficient (Wildman–Crippen LogP) is 1.76. The van der Waals surface area contributed by atoms with E-state index in [0.29, 0.717) is 19.4 Å². The van der Waals surface area contributed by atoms with Crippen LogP contribution in [0.1, 0.15) is 38.3 Å². The SMILES string of the molecule is CCN(CCC(=O)NC(C)c1ccccc1)C1CCS(=O)(=O)C1. The van der Waals surface area contributed by atoms with Gasteiger partial charge in [0, 0.05) is 19.0 Å². The summed E-state index contributed by atoms with van der Waals surface area (Å²) in [5.74, 6) is 0.495. The zero-order valence-corrected chi connectivity index (χ0v) is 14.7. The summed E-state index contributed by atoms with van der Waals surface area (Å²) >= 11 is 0. The lowest BCUT2D eigenvalue weighted by atomic mass is 10.1. The molecule has 1 aliphatic heterocycles. The normalized spacial score (nSPS) is 21.3. The molecular formula is C17H26N2O3S. The van der Waals surface area contributed by atoms with Crippen molar-refractivity contribution in [1.82, 2.24) is 10.2 Å². The molecule has 2 unspecified atom stereocenters. The third-order valence-corrected chi connectivity index (χ3v) is 6.18. The Hall–Kier alpha value is -1.40. The van der Waals surface area contributed by atoms with Gasteiger partial charge in [0.25, 0.3) is 0 Å². The van der Waals surface area contributed by atoms with Gasteiger partial charge >= 0.3 is 0 Å². The lowest BCUT2D eigenvalue weighted by molar-refractivity contribution is -0.122. The maximum atomic E-state index is 12.1. The average molecular weight is 338 g/mol. The molecule has 1 aromatic carbocycles. The molecule has 128 valence electrons. The molecule has 2 atom stereocenters. The van der Waals surface area contributed by atoms with Crippen molar-refractivity contribution in [1.29, 1.82) is 0 Å². The van der Waals surface area contributed by atoms with Crippen LogP contribution < -0.4 is 5.32 Å². The first-order chi connectivity index (χ1) is 10.9. The van der Waals surface area contributed by atoms with Gasteiger partial charge in [-0.05, 0) is 25.5 Å². The quantitative estimate of drug-likeness (QED) is 0.823. The first-order valence-corrected chi connectivity index (χ1v) is 10.0. The molecule has 0 bridgehead atoms. The van der Waals surface area contributed by atoms with Crippen LogP contribution >= 0.6 is 0 Å². The van der Waals surface area contributed by atoms with Gasteiger partial charge in [0.1, 0.15) is 0 Å². The van der Waals surface area contributed by atoms with Gasteiger partial charge in [-0.1, -0.05) is 37.3 Å². The van der Waals surface area contributed by atoms with Gasteiger partial charge in [-0.15, -0.1) is 0 Å². The molecule has 1 fully saturated rings. The standard InChI is InChI=1S/C17H26N2O3S/c1-3-19(16-10-12-23(21,22)13-16)11-9-17(20)18-14(2)15-7-5-4-6-8-15/h4-8,14,16H,3,9-13H2,1-2H3,(H,18,20). The number of rotatable bonds is 7. The Balaban J connectivity index is 1.81. The molecule has 0 saturated carbocycles. The molecule has 0 aliphatic carbocycles. The van der Waals surface area contributed by atoms with Gasteiger partial charge in [0.15, 0.2) is 9.84 Å². The van der Waals surface area contributed by atoms with Crippen LogP contribution in [0, 0.1) is 0 Å². The molecular weight excluding hydrogens is 312 g/mol. The molecule has 1 saturated heterocycles. The van der Waals surface area contributed by atoms with Crippen LogP contribution in [-0.2, 0) is 14.6 Å². The first-order valence-electron chi connectivity index (χ1n) is 8.20. The molecule has 1 heterocycles. The smallest absolute Gasteiger partial charge is 0.221 e. The molecule has 6 heteroatoms. The fourth-order valence-electron chi connectivity index (χ4n) is 3.05. The Morgan fingerprint density at radius 1 is 1.35 bits per heavy atom. The van der Waals surface area contributed by atoms with E-state index in [2.05, 4.69) is 10.2 Å². The van der Waals surface area contributed by atoms with Crippen molar-refractivity contribution >= 4 is 15.7 Å². The summed E-state index contributed by atoms with van der Waals surface area (Å²) in [4.78, 5) is 14.2. The van der Waals surface area contributed by atoms with E-state index in [1.807, 2.05) is 44.2 Å². The zero-order valence-electron chi connectivity index (χ0n) is 13.9. The maximum Gasteiger partial charge on any atom is 0.221 e. The molecule has 1 amide bonds. The van der Waals surface area contributed by atoms with Crippen LogP contribution in [0.4, 0.5) is 0 Å². The minimum atomic E-state index is -2.89. The van der Waals surface area contributed by atoms with Crippen LogP contribution in [0.2, 0.25) is 0 Å². The van der Waals surface area contributed by atoms with Gasteiger partial charge in [-0.25, -0.2) is 8.42 Å². The van der Waals surface area contributed by atoms with Crippen molar-refractivity contribution in [2.45, 2.75) is 38.8 Å². The second-order valence-corrected chi connectivity index (χ2v) is 8.36. The molecule has 23 heavy (non-hydrogen) atoms. The lowest BCUT2D eigenvalue weighted by Crippen LogP contribution is -2.39. The molecule has 1 aromatic rings. The Labute approximate surface area is 139 Å². The summed E-state index contributed by atoms with van der Waals surface area (Å²) in [6, 6.07) is 9.89. The summed E-state index contributed by atoms with van der Waals surface area (Å²) in [5.41, 5.74) is 1.08. The fraction of sp³-hybridized carbons (Fsp3) is 0.588. The highest BCUT2D eigenvalue weighted by atomic mass is 32.2. The van der Waals surface area contributed by atoms with E-state index < -0.39 is 9.84 Å². The molecule has 1 N–H and O–H groups in total. The summed E-state index contributed by atoms with van der Waals surface area (Å²) in [6.45, 7) is 5.34. The fourth-order valence-corrected chi connectivity index (χ4v) is 4.81. The molecule has 0 radical (unpaired) electrons. The number of carbonyl (C=O) groups excluding carboxylic acids is 1. The summed E-state index contributed by atoms with van der Waals surface area (Å²) in [5, 5.41) is 3.00. The number of carbonyl (C=O) groups is 1. The summed E-state index contributed by atoms with van der Waals surface area (Å²) in [6.07, 6.45) is 1.07. The number of benzene rings is 1. The Kier molecular flexibility index (Phi) is 6.18. The van der Waals surface area contributed by atoms with Gasteiger partial charge in [0.2, 0.25) is 5.91 Å². The zero-order chi connectivity index (χ0) is 16.9. The van der Waals surface area contributed by atoms with Gasteiger partial charge in [-0.3, -0.25) is 9.69 Å². The third kappa shape index (κ3) is 5.32. The second kappa shape index (κ2) is 7.93. The minimum absolute atomic E-state index is 0.000608. The Morgan fingerprint density at radius 2 is 2.04 bits per heavy atom. The van der Waals surface area contributed by atoms with Gasteiger partial charge in [0.05, 0.1) is 17.5 Å². The van der Waals surface area contributed by atoms with E-state index >= 15 is 0 Å². The van der Waals surface area contributed by atoms with Crippen LogP contribution in [0.5, 0.6) is 0 Å². The topological polar surface area (TPSA) is 66.5 Å². The lowest BCUT2D eigenvalue weighted by Gasteiger charge is -2.26. The molecule has 0 spiro atoms. The van der Waals surface area contributed by atoms with Gasteiger partial charge in [-0.2, -0.15) is 0 Å². The molecule has 0 aromatic heterocycles. The Bertz CT molecular complexity index is 616. The van der Waals surface area contributed by atoms with Crippen LogP contribution in [0.15, 0.2) is 30.3 Å². The molecule has 2 rings (SSSR count). The highest BCUT2D eigenvalue weighted by Crippen LogP contribution is 2.18. The number of amides is 1. The van der Waals surface area contributed by atoms with Crippen molar-refractivity contribution < 1.29 is 13.2 Å². The number of hydrogen-bond donors (Lipinski definition) is 1. The van der Waals surface area contributed by atoms with Crippen molar-refractivity contribution in [3.05, 3.63) is 35.9 Å². The Morgan fingerprint density at radius 3 is 2.61 bits per heavy atom. The van der Waals surface area contributed by atoms with E-state index in [1.165, 1.54) is 0 Å². The van der Waals surface area contributed by atoms with Crippen molar-refractivity contribution in [3.8, 4) is 0 Å². The number of sulfone groups is 1. The monoisotopic (exact) mass is 338 g/mol. The van der Waals surface area contributed by atoms with E-state index in [4.69, 9.17) is 0 Å². The van der Waals surface area contributed by atoms with Crippen LogP contribution in [0.3, 0.4) is 0 Å². The molecule has 1 aliphatic rings. The number of nitrogens with one attached hydrogen (secondary N) is 1. The third-order valence-electron chi connectivity index (χ3n) is 4.43. The van der Waals surface area contributed by atoms with E-state index in [9.17, 15) is 13.2 Å². The van der Waals surface area contributed by atoms with Crippen molar-refractivity contribution in [2.24, 2.45) is 0 Å². The van der Waals surface area contributed by atoms with Crippen LogP contribution in [0.25, 0.3) is 0 Å². The van der Waals surface area contributed by atoms with Crippen molar-refractivity contribution in [2.75, 3.05) is 24.6 Å². The average Bonchev–Trinajstić information content (AvgIpc) is 2.88. The highest BCUT2D eigenvalue weighted by molar-refractivity contribution is 7.91. The summed E-state index contributed by atoms with van der Waals surface area (Å²) in [7, 11) is -2.89. The van der Waals surface area contributed by atoms with Crippen molar-refractivity contribution in [3.63, 3.8) is 0 Å². The van der Waals surface area contributed by atoms with E-state index in [-0.39, 0.29) is 29.5 Å². The van der Waals surface area contributed by atoms with Gasteiger partial charge < -0.3 is 5.32 Å². The van der Waals surface area contributed by atoms with Crippen LogP contribution in [-0.4, -0.2) is 49.9 Å². The largest absolute Gasteiger partial charge is 0.350 e.